The minimum Gasteiger partial charge on any atom is -0.481 e. The Labute approximate surface area is 58.9 Å². The third kappa shape index (κ3) is 10.1. The van der Waals surface area contributed by atoms with Gasteiger partial charge in [-0.1, -0.05) is 0 Å². The third-order valence-corrected chi connectivity index (χ3v) is 0.642. The molecule has 0 amide bonds. The fourth-order valence-corrected chi connectivity index (χ4v) is 0. The van der Waals surface area contributed by atoms with E-state index in [1.165, 1.54) is 0 Å². The van der Waals surface area contributed by atoms with Gasteiger partial charge in [-0.05, 0) is 20.8 Å². The number of carbonyl (C=O) groups is 2. The SMILES string of the molecule is CC(C)(C)C(=O)O.O=CF. The lowest BCUT2D eigenvalue weighted by Crippen LogP contribution is -2.18. The van der Waals surface area contributed by atoms with Gasteiger partial charge in [0.25, 0.3) is 6.54 Å². The smallest absolute Gasteiger partial charge is 0.308 e. The zero-order valence-electron chi connectivity index (χ0n) is 6.22. The maximum Gasteiger partial charge on any atom is 0.308 e. The Morgan fingerprint density at radius 1 is 1.50 bits per heavy atom. The fraction of sp³-hybridized carbons (Fsp3) is 0.667. The second kappa shape index (κ2) is 4.90. The fourth-order valence-electron chi connectivity index (χ4n) is 0. The molecule has 4 heteroatoms. The molecular formula is C6H11FO3. The van der Waals surface area contributed by atoms with Crippen molar-refractivity contribution in [2.75, 3.05) is 0 Å². The highest BCUT2D eigenvalue weighted by Crippen LogP contribution is 2.11. The standard InChI is InChI=1S/C5H10O2.CHFO/c1-5(2,3)4(6)7;2-1-3/h1-3H3,(H,6,7);1H. The van der Waals surface area contributed by atoms with Crippen LogP contribution in [0.1, 0.15) is 20.8 Å². The molecule has 0 aromatic rings. The van der Waals surface area contributed by atoms with E-state index in [0.29, 0.717) is 0 Å². The molecule has 0 aromatic carbocycles. The number of carboxylic acids is 1. The van der Waals surface area contributed by atoms with Crippen LogP contribution < -0.4 is 0 Å². The van der Waals surface area contributed by atoms with Crippen molar-refractivity contribution < 1.29 is 19.1 Å². The van der Waals surface area contributed by atoms with Gasteiger partial charge in [0.05, 0.1) is 5.41 Å². The van der Waals surface area contributed by atoms with Gasteiger partial charge in [-0.15, -0.1) is 0 Å². The quantitative estimate of drug-likeness (QED) is 0.417. The normalized spacial score (nSPS) is 9.20. The molecule has 0 saturated carbocycles. The summed E-state index contributed by atoms with van der Waals surface area (Å²) >= 11 is 0. The first-order chi connectivity index (χ1) is 4.36. The Hall–Kier alpha value is -0.930. The number of hydrogen-bond acceptors (Lipinski definition) is 2. The number of hydrogen-bond donors (Lipinski definition) is 1. The zero-order valence-corrected chi connectivity index (χ0v) is 6.22. The molecule has 0 atom stereocenters. The molecule has 0 aromatic heterocycles. The Bertz CT molecular complexity index is 115. The zero-order chi connectivity index (χ0) is 8.78. The van der Waals surface area contributed by atoms with Gasteiger partial charge in [-0.25, -0.2) is 0 Å². The summed E-state index contributed by atoms with van der Waals surface area (Å²) in [5, 5.41) is 8.25. The highest BCUT2D eigenvalue weighted by Gasteiger charge is 2.18. The summed E-state index contributed by atoms with van der Waals surface area (Å²) in [5.41, 5.74) is -0.583. The van der Waals surface area contributed by atoms with Gasteiger partial charge >= 0.3 is 5.97 Å². The molecule has 0 spiro atoms. The van der Waals surface area contributed by atoms with Crippen molar-refractivity contribution in [3.63, 3.8) is 0 Å². The van der Waals surface area contributed by atoms with Gasteiger partial charge in [0.15, 0.2) is 0 Å². The van der Waals surface area contributed by atoms with E-state index in [1.54, 1.807) is 20.8 Å². The van der Waals surface area contributed by atoms with Crippen molar-refractivity contribution in [3.05, 3.63) is 0 Å². The van der Waals surface area contributed by atoms with Crippen molar-refractivity contribution in [3.8, 4) is 0 Å². The molecule has 60 valence electrons. The molecule has 0 unspecified atom stereocenters. The minimum atomic E-state index is -0.757. The highest BCUT2D eigenvalue weighted by molar-refractivity contribution is 5.72. The first kappa shape index (κ1) is 11.8. The second-order valence-electron chi connectivity index (χ2n) is 2.64. The Morgan fingerprint density at radius 3 is 1.60 bits per heavy atom. The largest absolute Gasteiger partial charge is 0.481 e. The number of halogens is 1. The number of aliphatic carboxylic acids is 1. The lowest BCUT2D eigenvalue weighted by molar-refractivity contribution is -0.145. The van der Waals surface area contributed by atoms with Crippen LogP contribution in [0.2, 0.25) is 0 Å². The minimum absolute atomic E-state index is 0.583. The van der Waals surface area contributed by atoms with Crippen LogP contribution in [-0.4, -0.2) is 17.6 Å². The number of rotatable bonds is 0. The van der Waals surface area contributed by atoms with Crippen LogP contribution in [0.25, 0.3) is 0 Å². The van der Waals surface area contributed by atoms with Crippen LogP contribution in [0.4, 0.5) is 4.39 Å². The lowest BCUT2D eigenvalue weighted by Gasteiger charge is -2.08. The van der Waals surface area contributed by atoms with Crippen molar-refractivity contribution in [2.45, 2.75) is 20.8 Å². The molecule has 0 aliphatic rings. The molecular weight excluding hydrogens is 139 g/mol. The third-order valence-electron chi connectivity index (χ3n) is 0.642. The Kier molecular flexibility index (Phi) is 5.79. The summed E-state index contributed by atoms with van der Waals surface area (Å²) in [6.07, 6.45) is 0. The maximum atomic E-state index is 10.0. The highest BCUT2D eigenvalue weighted by atomic mass is 19.1. The van der Waals surface area contributed by atoms with Crippen LogP contribution in [-0.2, 0) is 9.59 Å². The molecule has 0 rings (SSSR count). The van der Waals surface area contributed by atoms with E-state index in [-0.39, 0.29) is 0 Å². The molecule has 0 heterocycles. The molecule has 0 aliphatic heterocycles. The average Bonchev–Trinajstić information content (AvgIpc) is 1.64. The van der Waals surface area contributed by atoms with Crippen LogP contribution >= 0.6 is 0 Å². The van der Waals surface area contributed by atoms with E-state index in [9.17, 15) is 9.18 Å². The van der Waals surface area contributed by atoms with E-state index in [2.05, 4.69) is 0 Å². The van der Waals surface area contributed by atoms with Gasteiger partial charge in [0.1, 0.15) is 0 Å². The predicted octanol–water partition coefficient (Wildman–Crippen LogP) is 1.26. The van der Waals surface area contributed by atoms with Crippen molar-refractivity contribution in [2.24, 2.45) is 5.41 Å². The Morgan fingerprint density at radius 2 is 1.60 bits per heavy atom. The first-order valence-electron chi connectivity index (χ1n) is 2.63. The topological polar surface area (TPSA) is 54.4 Å². The van der Waals surface area contributed by atoms with Gasteiger partial charge in [0, 0.05) is 0 Å². The van der Waals surface area contributed by atoms with E-state index in [0.717, 1.165) is 0 Å². The summed E-state index contributed by atoms with van der Waals surface area (Å²) in [5.74, 6) is -0.757. The van der Waals surface area contributed by atoms with Crippen molar-refractivity contribution in [1.82, 2.24) is 0 Å². The van der Waals surface area contributed by atoms with E-state index in [4.69, 9.17) is 9.90 Å². The average molecular weight is 150 g/mol. The Balaban J connectivity index is 0. The molecule has 0 bridgehead atoms. The van der Waals surface area contributed by atoms with E-state index in [1.807, 2.05) is 0 Å². The summed E-state index contributed by atoms with van der Waals surface area (Å²) in [6.45, 7) is 4.24. The lowest BCUT2D eigenvalue weighted by atomic mass is 9.98. The van der Waals surface area contributed by atoms with Crippen molar-refractivity contribution >= 4 is 12.5 Å². The molecule has 0 fully saturated rings. The van der Waals surface area contributed by atoms with Gasteiger partial charge in [-0.3, -0.25) is 9.59 Å². The van der Waals surface area contributed by atoms with Crippen LogP contribution in [0.15, 0.2) is 0 Å². The molecule has 1 N–H and O–H groups in total. The van der Waals surface area contributed by atoms with Crippen LogP contribution in [0, 0.1) is 5.41 Å². The number of carbonyl (C=O) groups excluding carboxylic acids is 1. The summed E-state index contributed by atoms with van der Waals surface area (Å²) in [6, 6.07) is 0. The van der Waals surface area contributed by atoms with Crippen LogP contribution in [0.3, 0.4) is 0 Å². The summed E-state index contributed by atoms with van der Waals surface area (Å²) in [4.78, 5) is 18.2. The maximum absolute atomic E-state index is 10.0. The first-order valence-corrected chi connectivity index (χ1v) is 2.63. The monoisotopic (exact) mass is 150 g/mol. The van der Waals surface area contributed by atoms with Crippen LogP contribution in [0.5, 0.6) is 0 Å². The van der Waals surface area contributed by atoms with Gasteiger partial charge in [0.2, 0.25) is 0 Å². The second-order valence-corrected chi connectivity index (χ2v) is 2.64. The number of carboxylic acid groups (broad SMARTS) is 1. The molecule has 0 aliphatic carbocycles. The van der Waals surface area contributed by atoms with Crippen molar-refractivity contribution in [1.29, 1.82) is 0 Å². The van der Waals surface area contributed by atoms with Gasteiger partial charge < -0.3 is 5.11 Å². The summed E-state index contributed by atoms with van der Waals surface area (Å²) < 4.78 is 9.61. The molecule has 10 heavy (non-hydrogen) atoms. The van der Waals surface area contributed by atoms with E-state index < -0.39 is 17.9 Å². The summed E-state index contributed by atoms with van der Waals surface area (Å²) in [7, 11) is 0. The van der Waals surface area contributed by atoms with E-state index >= 15 is 0 Å². The molecule has 0 saturated heterocycles. The predicted molar refractivity (Wildman–Crippen MR) is 34.9 cm³/mol. The molecule has 0 radical (unpaired) electrons. The molecule has 3 nitrogen and oxygen atoms in total. The van der Waals surface area contributed by atoms with Gasteiger partial charge in [-0.2, -0.15) is 4.39 Å².